The van der Waals surface area contributed by atoms with Crippen molar-refractivity contribution in [3.05, 3.63) is 56.5 Å². The van der Waals surface area contributed by atoms with Crippen LogP contribution in [0, 0.1) is 5.82 Å². The SMILES string of the molecule is CC(NC1CCCc2sccc21)c1ccc(Cl)c(F)c1. The molecule has 0 bridgehead atoms. The molecule has 0 amide bonds. The third-order valence-corrected chi connectivity index (χ3v) is 5.25. The van der Waals surface area contributed by atoms with Gasteiger partial charge in [0.1, 0.15) is 5.82 Å². The number of aryl methyl sites for hydroxylation is 1. The highest BCUT2D eigenvalue weighted by molar-refractivity contribution is 7.10. The first-order valence-corrected chi connectivity index (χ1v) is 8.18. The van der Waals surface area contributed by atoms with Gasteiger partial charge in [0.2, 0.25) is 0 Å². The molecule has 0 saturated heterocycles. The summed E-state index contributed by atoms with van der Waals surface area (Å²) in [5.41, 5.74) is 2.36. The maximum atomic E-state index is 13.5. The molecule has 2 atom stereocenters. The molecule has 20 heavy (non-hydrogen) atoms. The fourth-order valence-electron chi connectivity index (χ4n) is 2.84. The van der Waals surface area contributed by atoms with Gasteiger partial charge in [-0.25, -0.2) is 4.39 Å². The second-order valence-corrected chi connectivity index (χ2v) is 6.71. The van der Waals surface area contributed by atoms with Gasteiger partial charge in [0.05, 0.1) is 5.02 Å². The van der Waals surface area contributed by atoms with Crippen molar-refractivity contribution in [2.24, 2.45) is 0 Å². The van der Waals surface area contributed by atoms with Gasteiger partial charge in [-0.2, -0.15) is 0 Å². The van der Waals surface area contributed by atoms with E-state index in [4.69, 9.17) is 11.6 Å². The molecule has 2 aromatic rings. The quantitative estimate of drug-likeness (QED) is 0.814. The first kappa shape index (κ1) is 14.1. The number of thiophene rings is 1. The third-order valence-electron chi connectivity index (χ3n) is 3.95. The summed E-state index contributed by atoms with van der Waals surface area (Å²) in [6, 6.07) is 7.74. The van der Waals surface area contributed by atoms with Crippen LogP contribution in [0.4, 0.5) is 4.39 Å². The van der Waals surface area contributed by atoms with Gasteiger partial charge < -0.3 is 5.32 Å². The Morgan fingerprint density at radius 3 is 3.05 bits per heavy atom. The minimum atomic E-state index is -0.349. The lowest BCUT2D eigenvalue weighted by Crippen LogP contribution is -2.27. The lowest BCUT2D eigenvalue weighted by atomic mass is 9.93. The van der Waals surface area contributed by atoms with Crippen molar-refractivity contribution in [1.29, 1.82) is 0 Å². The van der Waals surface area contributed by atoms with Crippen molar-refractivity contribution >= 4 is 22.9 Å². The fourth-order valence-corrected chi connectivity index (χ4v) is 3.94. The molecule has 1 aliphatic rings. The van der Waals surface area contributed by atoms with Crippen LogP contribution in [-0.4, -0.2) is 0 Å². The maximum Gasteiger partial charge on any atom is 0.142 e. The van der Waals surface area contributed by atoms with Crippen LogP contribution in [0.2, 0.25) is 5.02 Å². The molecule has 4 heteroatoms. The van der Waals surface area contributed by atoms with Crippen molar-refractivity contribution in [1.82, 2.24) is 5.32 Å². The Balaban J connectivity index is 1.77. The second kappa shape index (κ2) is 5.84. The van der Waals surface area contributed by atoms with Crippen LogP contribution < -0.4 is 5.32 Å². The van der Waals surface area contributed by atoms with Crippen LogP contribution in [0.3, 0.4) is 0 Å². The van der Waals surface area contributed by atoms with E-state index in [-0.39, 0.29) is 16.9 Å². The van der Waals surface area contributed by atoms with Crippen molar-refractivity contribution in [3.8, 4) is 0 Å². The molecule has 3 rings (SSSR count). The van der Waals surface area contributed by atoms with E-state index in [1.807, 2.05) is 17.4 Å². The Kier molecular flexibility index (Phi) is 4.11. The highest BCUT2D eigenvalue weighted by Crippen LogP contribution is 2.35. The van der Waals surface area contributed by atoms with Gasteiger partial charge in [-0.3, -0.25) is 0 Å². The van der Waals surface area contributed by atoms with Crippen molar-refractivity contribution in [2.45, 2.75) is 38.3 Å². The highest BCUT2D eigenvalue weighted by atomic mass is 35.5. The van der Waals surface area contributed by atoms with Crippen LogP contribution in [0.1, 0.15) is 47.9 Å². The standard InChI is InChI=1S/C16H17ClFNS/c1-10(11-5-6-13(17)14(18)9-11)19-15-3-2-4-16-12(15)7-8-20-16/h5-10,15,19H,2-4H2,1H3. The summed E-state index contributed by atoms with van der Waals surface area (Å²) in [6.45, 7) is 2.07. The van der Waals surface area contributed by atoms with E-state index in [0.29, 0.717) is 6.04 Å². The molecular weight excluding hydrogens is 293 g/mol. The van der Waals surface area contributed by atoms with E-state index < -0.39 is 0 Å². The van der Waals surface area contributed by atoms with Gasteiger partial charge in [-0.05, 0) is 60.9 Å². The molecule has 0 radical (unpaired) electrons. The molecular formula is C16H17ClFNS. The van der Waals surface area contributed by atoms with Crippen molar-refractivity contribution in [2.75, 3.05) is 0 Å². The zero-order chi connectivity index (χ0) is 14.1. The van der Waals surface area contributed by atoms with E-state index in [9.17, 15) is 4.39 Å². The van der Waals surface area contributed by atoms with Crippen LogP contribution in [-0.2, 0) is 6.42 Å². The molecule has 1 N–H and O–H groups in total. The highest BCUT2D eigenvalue weighted by Gasteiger charge is 2.22. The Bertz CT molecular complexity index is 610. The molecule has 1 nitrogen and oxygen atoms in total. The van der Waals surface area contributed by atoms with E-state index in [0.717, 1.165) is 12.0 Å². The molecule has 0 aliphatic heterocycles. The van der Waals surface area contributed by atoms with Gasteiger partial charge in [0, 0.05) is 17.0 Å². The first-order chi connectivity index (χ1) is 9.65. The molecule has 106 valence electrons. The number of fused-ring (bicyclic) bond motifs is 1. The number of benzene rings is 1. The molecule has 0 spiro atoms. The smallest absolute Gasteiger partial charge is 0.142 e. The Labute approximate surface area is 127 Å². The number of hydrogen-bond acceptors (Lipinski definition) is 2. The van der Waals surface area contributed by atoms with E-state index in [2.05, 4.69) is 23.7 Å². The minimum absolute atomic E-state index is 0.109. The Hall–Kier alpha value is -0.900. The van der Waals surface area contributed by atoms with Crippen LogP contribution in [0.5, 0.6) is 0 Å². The van der Waals surface area contributed by atoms with Gasteiger partial charge in [-0.15, -0.1) is 11.3 Å². The molecule has 1 aromatic carbocycles. The number of nitrogens with one attached hydrogen (secondary N) is 1. The number of rotatable bonds is 3. The monoisotopic (exact) mass is 309 g/mol. The van der Waals surface area contributed by atoms with Gasteiger partial charge in [0.25, 0.3) is 0 Å². The summed E-state index contributed by atoms with van der Waals surface area (Å²) in [5.74, 6) is -0.349. The predicted octanol–water partition coefficient (Wildman–Crippen LogP) is 5.27. The zero-order valence-corrected chi connectivity index (χ0v) is 12.9. The largest absolute Gasteiger partial charge is 0.303 e. The second-order valence-electron chi connectivity index (χ2n) is 5.31. The average molecular weight is 310 g/mol. The zero-order valence-electron chi connectivity index (χ0n) is 11.3. The normalized spacial score (nSPS) is 19.6. The van der Waals surface area contributed by atoms with Crippen LogP contribution in [0.25, 0.3) is 0 Å². The first-order valence-electron chi connectivity index (χ1n) is 6.92. The Morgan fingerprint density at radius 2 is 2.25 bits per heavy atom. The molecule has 0 fully saturated rings. The third kappa shape index (κ3) is 2.76. The van der Waals surface area contributed by atoms with E-state index >= 15 is 0 Å². The van der Waals surface area contributed by atoms with Crippen molar-refractivity contribution < 1.29 is 4.39 Å². The maximum absolute atomic E-state index is 13.5. The molecule has 1 aromatic heterocycles. The number of halogens is 2. The van der Waals surface area contributed by atoms with Crippen molar-refractivity contribution in [3.63, 3.8) is 0 Å². The average Bonchev–Trinajstić information content (AvgIpc) is 2.91. The summed E-state index contributed by atoms with van der Waals surface area (Å²) in [5, 5.41) is 5.96. The van der Waals surface area contributed by atoms with Crippen LogP contribution in [0.15, 0.2) is 29.6 Å². The molecule has 1 heterocycles. The summed E-state index contributed by atoms with van der Waals surface area (Å²) >= 11 is 7.57. The number of hydrogen-bond donors (Lipinski definition) is 1. The topological polar surface area (TPSA) is 12.0 Å². The summed E-state index contributed by atoms with van der Waals surface area (Å²) < 4.78 is 13.5. The Morgan fingerprint density at radius 1 is 1.40 bits per heavy atom. The van der Waals surface area contributed by atoms with Crippen LogP contribution >= 0.6 is 22.9 Å². The summed E-state index contributed by atoms with van der Waals surface area (Å²) in [6.07, 6.45) is 3.55. The lowest BCUT2D eigenvalue weighted by molar-refractivity contribution is 0.417. The van der Waals surface area contributed by atoms with Gasteiger partial charge >= 0.3 is 0 Å². The van der Waals surface area contributed by atoms with E-state index in [1.54, 1.807) is 6.07 Å². The molecule has 0 saturated carbocycles. The van der Waals surface area contributed by atoms with Gasteiger partial charge in [-0.1, -0.05) is 17.7 Å². The fraction of sp³-hybridized carbons (Fsp3) is 0.375. The lowest BCUT2D eigenvalue weighted by Gasteiger charge is -2.27. The summed E-state index contributed by atoms with van der Waals surface area (Å²) in [4.78, 5) is 1.49. The van der Waals surface area contributed by atoms with E-state index in [1.165, 1.54) is 29.3 Å². The van der Waals surface area contributed by atoms with Gasteiger partial charge in [0.15, 0.2) is 0 Å². The molecule has 1 aliphatic carbocycles. The minimum Gasteiger partial charge on any atom is -0.303 e. The summed E-state index contributed by atoms with van der Waals surface area (Å²) in [7, 11) is 0. The predicted molar refractivity (Wildman–Crippen MR) is 83.0 cm³/mol. The molecule has 2 unspecified atom stereocenters.